The minimum Gasteiger partial charge on any atom is -0.361 e. The Kier molecular flexibility index (Phi) is 5.60. The number of hydrogen-bond donors (Lipinski definition) is 1. The fourth-order valence-electron chi connectivity index (χ4n) is 2.39. The molecule has 1 amide bonds. The zero-order valence-corrected chi connectivity index (χ0v) is 16.3. The van der Waals surface area contributed by atoms with Crippen molar-refractivity contribution >= 4 is 39.3 Å². The number of nitrogens with one attached hydrogen (secondary N) is 1. The van der Waals surface area contributed by atoms with Crippen LogP contribution in [0.3, 0.4) is 0 Å². The number of hydrogen-bond acceptors (Lipinski definition) is 4. The summed E-state index contributed by atoms with van der Waals surface area (Å²) in [6, 6.07) is 15.9. The first-order chi connectivity index (χ1) is 12.1. The molecule has 0 saturated heterocycles. The first-order valence-electron chi connectivity index (χ1n) is 7.87. The highest BCUT2D eigenvalue weighted by Crippen LogP contribution is 2.29. The summed E-state index contributed by atoms with van der Waals surface area (Å²) in [6.07, 6.45) is 0.656. The van der Waals surface area contributed by atoms with Crippen molar-refractivity contribution in [2.45, 2.75) is 30.1 Å². The quantitative estimate of drug-likeness (QED) is 0.578. The predicted octanol–water partition coefficient (Wildman–Crippen LogP) is 5.71. The Morgan fingerprint density at radius 3 is 2.32 bits per heavy atom. The van der Waals surface area contributed by atoms with Crippen LogP contribution in [0, 0.1) is 6.92 Å². The van der Waals surface area contributed by atoms with Gasteiger partial charge in [0, 0.05) is 20.0 Å². The largest absolute Gasteiger partial charge is 0.361 e. The molecule has 1 heterocycles. The fraction of sp³-hybridized carbons (Fsp3) is 0.158. The lowest BCUT2D eigenvalue weighted by molar-refractivity contribution is 0.102. The van der Waals surface area contributed by atoms with E-state index in [0.717, 1.165) is 20.0 Å². The predicted molar refractivity (Wildman–Crippen MR) is 103 cm³/mol. The van der Waals surface area contributed by atoms with Gasteiger partial charge in [-0.15, -0.1) is 0 Å². The van der Waals surface area contributed by atoms with E-state index < -0.39 is 0 Å². The molecule has 1 aromatic heterocycles. The van der Waals surface area contributed by atoms with Crippen LogP contribution in [0.2, 0.25) is 0 Å². The lowest BCUT2D eigenvalue weighted by Gasteiger charge is -2.07. The molecule has 0 saturated carbocycles. The molecule has 0 aliphatic rings. The molecule has 4 nitrogen and oxygen atoms in total. The monoisotopic (exact) mass is 416 g/mol. The third kappa shape index (κ3) is 4.32. The van der Waals surface area contributed by atoms with Crippen molar-refractivity contribution < 1.29 is 9.32 Å². The zero-order valence-electron chi connectivity index (χ0n) is 13.9. The molecule has 0 aliphatic carbocycles. The van der Waals surface area contributed by atoms with E-state index in [1.54, 1.807) is 18.7 Å². The van der Waals surface area contributed by atoms with Gasteiger partial charge in [-0.05, 0) is 61.9 Å². The second-order valence-electron chi connectivity index (χ2n) is 5.45. The number of carbonyl (C=O) groups excluding carboxylic acids is 1. The SMILES string of the molecule is CCc1noc(C)c1C(=O)Nc1ccc(Sc2ccc(Br)cc2)cc1. The molecule has 0 unspecified atom stereocenters. The van der Waals surface area contributed by atoms with E-state index in [0.29, 0.717) is 23.4 Å². The summed E-state index contributed by atoms with van der Waals surface area (Å²) in [5.41, 5.74) is 1.95. The number of aromatic nitrogens is 1. The number of anilines is 1. The van der Waals surface area contributed by atoms with Crippen molar-refractivity contribution in [2.75, 3.05) is 5.32 Å². The average Bonchev–Trinajstić information content (AvgIpc) is 2.99. The maximum Gasteiger partial charge on any atom is 0.261 e. The van der Waals surface area contributed by atoms with E-state index >= 15 is 0 Å². The standard InChI is InChI=1S/C19H17BrN2O2S/c1-3-17-18(12(2)24-22-17)19(23)21-14-6-10-16(11-7-14)25-15-8-4-13(20)5-9-15/h4-11H,3H2,1-2H3,(H,21,23). The number of carbonyl (C=O) groups is 1. The second kappa shape index (κ2) is 7.89. The molecule has 0 radical (unpaired) electrons. The van der Waals surface area contributed by atoms with Gasteiger partial charge in [0.15, 0.2) is 0 Å². The van der Waals surface area contributed by atoms with Crippen molar-refractivity contribution in [3.05, 3.63) is 70.0 Å². The minimum absolute atomic E-state index is 0.191. The number of aryl methyl sites for hydroxylation is 2. The highest BCUT2D eigenvalue weighted by Gasteiger charge is 2.19. The van der Waals surface area contributed by atoms with Crippen LogP contribution in [-0.4, -0.2) is 11.1 Å². The number of halogens is 1. The van der Waals surface area contributed by atoms with E-state index in [-0.39, 0.29) is 5.91 Å². The Morgan fingerprint density at radius 2 is 1.72 bits per heavy atom. The van der Waals surface area contributed by atoms with Gasteiger partial charge in [0.2, 0.25) is 0 Å². The van der Waals surface area contributed by atoms with Gasteiger partial charge in [-0.25, -0.2) is 0 Å². The first-order valence-corrected chi connectivity index (χ1v) is 9.47. The van der Waals surface area contributed by atoms with Crippen LogP contribution in [0.5, 0.6) is 0 Å². The zero-order chi connectivity index (χ0) is 17.8. The van der Waals surface area contributed by atoms with Gasteiger partial charge in [0.05, 0.1) is 5.69 Å². The molecule has 0 aliphatic heterocycles. The van der Waals surface area contributed by atoms with Gasteiger partial charge in [0.25, 0.3) is 5.91 Å². The van der Waals surface area contributed by atoms with Crippen molar-refractivity contribution in [1.82, 2.24) is 5.16 Å². The third-order valence-electron chi connectivity index (χ3n) is 3.66. The van der Waals surface area contributed by atoms with Gasteiger partial charge in [0.1, 0.15) is 11.3 Å². The summed E-state index contributed by atoms with van der Waals surface area (Å²) in [5, 5.41) is 6.83. The van der Waals surface area contributed by atoms with Gasteiger partial charge in [-0.2, -0.15) is 0 Å². The van der Waals surface area contributed by atoms with Crippen LogP contribution in [-0.2, 0) is 6.42 Å². The Labute approximate surface area is 159 Å². The molecule has 1 N–H and O–H groups in total. The summed E-state index contributed by atoms with van der Waals surface area (Å²) >= 11 is 5.11. The van der Waals surface area contributed by atoms with Crippen molar-refractivity contribution in [3.8, 4) is 0 Å². The molecule has 25 heavy (non-hydrogen) atoms. The lowest BCUT2D eigenvalue weighted by Crippen LogP contribution is -2.14. The van der Waals surface area contributed by atoms with Crippen molar-refractivity contribution in [2.24, 2.45) is 0 Å². The first kappa shape index (κ1) is 17.8. The molecular weight excluding hydrogens is 400 g/mol. The molecule has 6 heteroatoms. The average molecular weight is 417 g/mol. The van der Waals surface area contributed by atoms with Gasteiger partial charge in [-0.1, -0.05) is 39.8 Å². The normalized spacial score (nSPS) is 10.7. The van der Waals surface area contributed by atoms with Crippen LogP contribution in [0.25, 0.3) is 0 Å². The van der Waals surface area contributed by atoms with Crippen LogP contribution in [0.4, 0.5) is 5.69 Å². The van der Waals surface area contributed by atoms with Crippen molar-refractivity contribution in [1.29, 1.82) is 0 Å². The highest BCUT2D eigenvalue weighted by atomic mass is 79.9. The van der Waals surface area contributed by atoms with Gasteiger partial charge in [-0.3, -0.25) is 4.79 Å². The van der Waals surface area contributed by atoms with E-state index in [1.165, 1.54) is 0 Å². The van der Waals surface area contributed by atoms with Gasteiger partial charge >= 0.3 is 0 Å². The second-order valence-corrected chi connectivity index (χ2v) is 7.51. The molecule has 3 aromatic rings. The van der Waals surface area contributed by atoms with E-state index in [1.807, 2.05) is 43.3 Å². The fourth-order valence-corrected chi connectivity index (χ4v) is 3.47. The maximum absolute atomic E-state index is 12.5. The number of nitrogens with zero attached hydrogens (tertiary/aromatic N) is 1. The molecule has 0 spiro atoms. The Morgan fingerprint density at radius 1 is 1.12 bits per heavy atom. The molecule has 3 rings (SSSR count). The summed E-state index contributed by atoms with van der Waals surface area (Å²) in [6.45, 7) is 3.70. The topological polar surface area (TPSA) is 55.1 Å². The van der Waals surface area contributed by atoms with E-state index in [9.17, 15) is 4.79 Å². The smallest absolute Gasteiger partial charge is 0.261 e. The lowest BCUT2D eigenvalue weighted by atomic mass is 10.1. The van der Waals surface area contributed by atoms with Crippen LogP contribution in [0.15, 0.2) is 67.3 Å². The molecule has 0 atom stereocenters. The summed E-state index contributed by atoms with van der Waals surface area (Å²) in [5.74, 6) is 0.348. The molecule has 0 fully saturated rings. The summed E-state index contributed by atoms with van der Waals surface area (Å²) in [4.78, 5) is 14.7. The highest BCUT2D eigenvalue weighted by molar-refractivity contribution is 9.10. The van der Waals surface area contributed by atoms with Gasteiger partial charge < -0.3 is 9.84 Å². The number of amides is 1. The summed E-state index contributed by atoms with van der Waals surface area (Å²) < 4.78 is 6.18. The Bertz CT molecular complexity index is 873. The minimum atomic E-state index is -0.191. The maximum atomic E-state index is 12.5. The number of rotatable bonds is 5. The van der Waals surface area contributed by atoms with Crippen LogP contribution < -0.4 is 5.32 Å². The van der Waals surface area contributed by atoms with Crippen LogP contribution >= 0.6 is 27.7 Å². The van der Waals surface area contributed by atoms with E-state index in [2.05, 4.69) is 38.5 Å². The molecule has 2 aromatic carbocycles. The Balaban J connectivity index is 1.69. The van der Waals surface area contributed by atoms with Crippen molar-refractivity contribution in [3.63, 3.8) is 0 Å². The Hall–Kier alpha value is -2.05. The number of benzene rings is 2. The molecular formula is C19H17BrN2O2S. The third-order valence-corrected chi connectivity index (χ3v) is 5.20. The van der Waals surface area contributed by atoms with Crippen LogP contribution in [0.1, 0.15) is 28.7 Å². The summed E-state index contributed by atoms with van der Waals surface area (Å²) in [7, 11) is 0. The molecule has 0 bridgehead atoms. The van der Waals surface area contributed by atoms with E-state index in [4.69, 9.17) is 4.52 Å². The molecule has 128 valence electrons.